The van der Waals surface area contributed by atoms with Crippen LogP contribution < -0.4 is 0 Å². The summed E-state index contributed by atoms with van der Waals surface area (Å²) in [4.78, 5) is 15.6. The first-order valence-corrected chi connectivity index (χ1v) is 11.1. The minimum atomic E-state index is 0.190. The van der Waals surface area contributed by atoms with Crippen LogP contribution in [0.2, 0.25) is 0 Å². The number of hydrogen-bond donors (Lipinski definition) is 0. The monoisotopic (exact) mass is 402 g/mol. The van der Waals surface area contributed by atoms with Gasteiger partial charge < -0.3 is 9.42 Å². The van der Waals surface area contributed by atoms with E-state index in [1.54, 1.807) is 23.1 Å². The molecule has 1 unspecified atom stereocenters. The average Bonchev–Trinajstić information content (AvgIpc) is 3.43. The van der Waals surface area contributed by atoms with Crippen molar-refractivity contribution in [3.63, 3.8) is 0 Å². The van der Waals surface area contributed by atoms with Crippen molar-refractivity contribution in [2.75, 3.05) is 18.8 Å². The Labute approximate surface area is 166 Å². The molecule has 3 aromatic heterocycles. The standard InChI is InChI=1S/C19H22N4O2S2/c1-14-9-20-23(10-14)16-4-2-6-22(11-16)19(24)13-26-12-15-8-17(25-21-15)18-5-3-7-27-18/h3,5,7-10,16H,2,4,6,11-13H2,1H3. The molecule has 0 bridgehead atoms. The molecule has 0 N–H and O–H groups in total. The normalized spacial score (nSPS) is 17.4. The molecular formula is C19H22N4O2S2. The summed E-state index contributed by atoms with van der Waals surface area (Å²) in [7, 11) is 0. The van der Waals surface area contributed by atoms with Gasteiger partial charge in [-0.25, -0.2) is 0 Å². The number of amides is 1. The molecule has 4 heterocycles. The molecule has 0 aliphatic carbocycles. The number of likely N-dealkylation sites (tertiary alicyclic amines) is 1. The Morgan fingerprint density at radius 3 is 3.19 bits per heavy atom. The van der Waals surface area contributed by atoms with Gasteiger partial charge in [0.15, 0.2) is 5.76 Å². The van der Waals surface area contributed by atoms with Crippen LogP contribution in [0.4, 0.5) is 0 Å². The average molecular weight is 403 g/mol. The molecule has 1 aliphatic rings. The summed E-state index contributed by atoms with van der Waals surface area (Å²) in [6.07, 6.45) is 6.03. The Balaban J connectivity index is 1.26. The van der Waals surface area contributed by atoms with Gasteiger partial charge in [0.25, 0.3) is 0 Å². The third-order valence-electron chi connectivity index (χ3n) is 4.65. The van der Waals surface area contributed by atoms with Crippen LogP contribution in [-0.2, 0) is 10.5 Å². The molecule has 1 atom stereocenters. The van der Waals surface area contributed by atoms with Crippen LogP contribution in [0.3, 0.4) is 0 Å². The lowest BCUT2D eigenvalue weighted by atomic mass is 10.1. The Bertz CT molecular complexity index is 887. The molecular weight excluding hydrogens is 380 g/mol. The zero-order chi connectivity index (χ0) is 18.6. The molecule has 1 amide bonds. The number of carbonyl (C=O) groups excluding carboxylic acids is 1. The lowest BCUT2D eigenvalue weighted by molar-refractivity contribution is -0.130. The van der Waals surface area contributed by atoms with Crippen LogP contribution in [0.15, 0.2) is 40.5 Å². The summed E-state index contributed by atoms with van der Waals surface area (Å²) < 4.78 is 7.39. The van der Waals surface area contributed by atoms with Gasteiger partial charge >= 0.3 is 0 Å². The predicted octanol–water partition coefficient (Wildman–Crippen LogP) is 4.00. The maximum Gasteiger partial charge on any atom is 0.232 e. The number of thioether (sulfide) groups is 1. The van der Waals surface area contributed by atoms with E-state index < -0.39 is 0 Å². The smallest absolute Gasteiger partial charge is 0.232 e. The number of rotatable bonds is 6. The highest BCUT2D eigenvalue weighted by molar-refractivity contribution is 7.99. The lowest BCUT2D eigenvalue weighted by Crippen LogP contribution is -2.41. The SMILES string of the molecule is Cc1cnn(C2CCCN(C(=O)CSCc3cc(-c4cccs4)on3)C2)c1. The second-order valence-electron chi connectivity index (χ2n) is 6.79. The highest BCUT2D eigenvalue weighted by atomic mass is 32.2. The summed E-state index contributed by atoms with van der Waals surface area (Å²) in [5.74, 6) is 2.12. The molecule has 0 radical (unpaired) electrons. The molecule has 3 aromatic rings. The zero-order valence-corrected chi connectivity index (χ0v) is 16.8. The first kappa shape index (κ1) is 18.3. The van der Waals surface area contributed by atoms with Crippen molar-refractivity contribution < 1.29 is 9.32 Å². The molecule has 27 heavy (non-hydrogen) atoms. The second-order valence-corrected chi connectivity index (χ2v) is 8.72. The van der Waals surface area contributed by atoms with E-state index >= 15 is 0 Å². The minimum absolute atomic E-state index is 0.190. The summed E-state index contributed by atoms with van der Waals surface area (Å²) >= 11 is 3.22. The maximum absolute atomic E-state index is 12.6. The van der Waals surface area contributed by atoms with Gasteiger partial charge in [-0.2, -0.15) is 5.10 Å². The van der Waals surface area contributed by atoms with Gasteiger partial charge in [-0.15, -0.1) is 23.1 Å². The van der Waals surface area contributed by atoms with Crippen molar-refractivity contribution in [1.29, 1.82) is 0 Å². The molecule has 6 nitrogen and oxygen atoms in total. The molecule has 1 saturated heterocycles. The van der Waals surface area contributed by atoms with Gasteiger partial charge in [-0.3, -0.25) is 9.48 Å². The first-order chi connectivity index (χ1) is 13.2. The van der Waals surface area contributed by atoms with E-state index in [0.29, 0.717) is 11.5 Å². The van der Waals surface area contributed by atoms with Crippen molar-refractivity contribution >= 4 is 29.0 Å². The minimum Gasteiger partial charge on any atom is -0.355 e. The van der Waals surface area contributed by atoms with E-state index in [2.05, 4.69) is 16.5 Å². The highest BCUT2D eigenvalue weighted by Crippen LogP contribution is 2.27. The van der Waals surface area contributed by atoms with Crippen molar-refractivity contribution in [3.05, 3.63) is 47.2 Å². The van der Waals surface area contributed by atoms with E-state index in [4.69, 9.17) is 4.52 Å². The van der Waals surface area contributed by atoms with Crippen molar-refractivity contribution in [2.45, 2.75) is 31.6 Å². The largest absolute Gasteiger partial charge is 0.355 e. The zero-order valence-electron chi connectivity index (χ0n) is 15.2. The predicted molar refractivity (Wildman–Crippen MR) is 108 cm³/mol. The first-order valence-electron chi connectivity index (χ1n) is 9.05. The van der Waals surface area contributed by atoms with Crippen LogP contribution in [0.1, 0.15) is 30.1 Å². The molecule has 1 fully saturated rings. The van der Waals surface area contributed by atoms with Gasteiger partial charge in [0, 0.05) is 31.1 Å². The van der Waals surface area contributed by atoms with E-state index in [1.165, 1.54) is 0 Å². The Morgan fingerprint density at radius 1 is 1.48 bits per heavy atom. The number of nitrogens with zero attached hydrogens (tertiary/aromatic N) is 4. The van der Waals surface area contributed by atoms with Crippen molar-refractivity contribution in [2.24, 2.45) is 0 Å². The van der Waals surface area contributed by atoms with E-state index in [-0.39, 0.29) is 11.9 Å². The van der Waals surface area contributed by atoms with E-state index in [9.17, 15) is 4.79 Å². The highest BCUT2D eigenvalue weighted by Gasteiger charge is 2.25. The summed E-state index contributed by atoms with van der Waals surface area (Å²) in [6, 6.07) is 6.25. The van der Waals surface area contributed by atoms with Crippen LogP contribution >= 0.6 is 23.1 Å². The van der Waals surface area contributed by atoms with Crippen LogP contribution in [0.5, 0.6) is 0 Å². The summed E-state index contributed by atoms with van der Waals surface area (Å²) in [6.45, 7) is 3.62. The Kier molecular flexibility index (Phi) is 5.63. The number of thiophene rings is 1. The van der Waals surface area contributed by atoms with Crippen LogP contribution in [-0.4, -0.2) is 44.6 Å². The van der Waals surface area contributed by atoms with Crippen molar-refractivity contribution in [3.8, 4) is 10.6 Å². The number of carbonyl (C=O) groups is 1. The second kappa shape index (κ2) is 8.31. The molecule has 0 spiro atoms. The van der Waals surface area contributed by atoms with Gasteiger partial charge in [0.1, 0.15) is 0 Å². The Morgan fingerprint density at radius 2 is 2.41 bits per heavy atom. The van der Waals surface area contributed by atoms with Gasteiger partial charge in [0.2, 0.25) is 5.91 Å². The molecule has 0 aromatic carbocycles. The van der Waals surface area contributed by atoms with Crippen molar-refractivity contribution in [1.82, 2.24) is 19.8 Å². The fourth-order valence-corrected chi connectivity index (χ4v) is 4.76. The lowest BCUT2D eigenvalue weighted by Gasteiger charge is -2.32. The van der Waals surface area contributed by atoms with Gasteiger partial charge in [0.05, 0.1) is 28.6 Å². The maximum atomic E-state index is 12.6. The van der Waals surface area contributed by atoms with E-state index in [1.807, 2.05) is 46.3 Å². The van der Waals surface area contributed by atoms with Crippen LogP contribution in [0.25, 0.3) is 10.6 Å². The number of aromatic nitrogens is 3. The van der Waals surface area contributed by atoms with Gasteiger partial charge in [-0.05, 0) is 36.8 Å². The summed E-state index contributed by atoms with van der Waals surface area (Å²) in [5.41, 5.74) is 2.03. The Hall–Kier alpha value is -2.06. The fourth-order valence-electron chi connectivity index (χ4n) is 3.28. The molecule has 0 saturated carbocycles. The number of piperidine rings is 1. The third-order valence-corrected chi connectivity index (χ3v) is 6.49. The molecule has 4 rings (SSSR count). The van der Waals surface area contributed by atoms with Gasteiger partial charge in [-0.1, -0.05) is 11.2 Å². The van der Waals surface area contributed by atoms with E-state index in [0.717, 1.165) is 47.8 Å². The molecule has 8 heteroatoms. The third kappa shape index (κ3) is 4.44. The topological polar surface area (TPSA) is 64.2 Å². The quantitative estimate of drug-likeness (QED) is 0.623. The number of aryl methyl sites for hydroxylation is 1. The number of hydrogen-bond acceptors (Lipinski definition) is 6. The van der Waals surface area contributed by atoms with Crippen LogP contribution in [0, 0.1) is 6.92 Å². The summed E-state index contributed by atoms with van der Waals surface area (Å²) in [5, 5.41) is 10.5. The molecule has 1 aliphatic heterocycles. The fraction of sp³-hybridized carbons (Fsp3) is 0.421. The molecule has 142 valence electrons.